The van der Waals surface area contributed by atoms with E-state index in [2.05, 4.69) is 20.6 Å². The molecule has 0 fully saturated rings. The lowest BCUT2D eigenvalue weighted by Gasteiger charge is -2.18. The Labute approximate surface area is 160 Å². The Hall–Kier alpha value is -0.460. The highest BCUT2D eigenvalue weighted by molar-refractivity contribution is 14.0. The number of hydrogen-bond acceptors (Lipinski definition) is 5. The van der Waals surface area contributed by atoms with Crippen LogP contribution in [0.15, 0.2) is 11.2 Å². The third kappa shape index (κ3) is 8.82. The van der Waals surface area contributed by atoms with Crippen molar-refractivity contribution in [3.8, 4) is 0 Å². The minimum atomic E-state index is -3.11. The molecule has 134 valence electrons. The van der Waals surface area contributed by atoms with Crippen LogP contribution in [0.3, 0.4) is 0 Å². The van der Waals surface area contributed by atoms with Crippen molar-refractivity contribution in [3.63, 3.8) is 0 Å². The van der Waals surface area contributed by atoms with Gasteiger partial charge in [-0.1, -0.05) is 6.92 Å². The molecule has 0 unspecified atom stereocenters. The van der Waals surface area contributed by atoms with E-state index in [9.17, 15) is 8.42 Å². The first-order valence-electron chi connectivity index (χ1n) is 7.17. The summed E-state index contributed by atoms with van der Waals surface area (Å²) in [6, 6.07) is 0. The highest BCUT2D eigenvalue weighted by atomic mass is 127. The fourth-order valence-corrected chi connectivity index (χ4v) is 3.54. The molecule has 0 spiro atoms. The van der Waals surface area contributed by atoms with Crippen molar-refractivity contribution in [3.05, 3.63) is 16.1 Å². The third-order valence-electron chi connectivity index (χ3n) is 3.00. The summed E-state index contributed by atoms with van der Waals surface area (Å²) in [6.45, 7) is 6.14. The zero-order valence-corrected chi connectivity index (χ0v) is 18.0. The van der Waals surface area contributed by atoms with E-state index in [-0.39, 0.29) is 24.0 Å². The average Bonchev–Trinajstić information content (AvgIpc) is 2.86. The van der Waals surface area contributed by atoms with Gasteiger partial charge in [-0.3, -0.25) is 4.99 Å². The lowest BCUT2D eigenvalue weighted by Crippen LogP contribution is -2.39. The van der Waals surface area contributed by atoms with Gasteiger partial charge in [-0.15, -0.1) is 35.3 Å². The predicted octanol–water partition coefficient (Wildman–Crippen LogP) is 1.41. The molecule has 0 saturated heterocycles. The van der Waals surface area contributed by atoms with E-state index in [0.717, 1.165) is 11.4 Å². The van der Waals surface area contributed by atoms with E-state index in [1.54, 1.807) is 18.4 Å². The Morgan fingerprint density at radius 1 is 1.43 bits per heavy atom. The largest absolute Gasteiger partial charge is 0.356 e. The average molecular weight is 475 g/mol. The summed E-state index contributed by atoms with van der Waals surface area (Å²) in [6.07, 6.45) is 3.81. The molecule has 0 radical (unpaired) electrons. The highest BCUT2D eigenvalue weighted by Crippen LogP contribution is 2.10. The van der Waals surface area contributed by atoms with Gasteiger partial charge >= 0.3 is 0 Å². The van der Waals surface area contributed by atoms with Crippen LogP contribution in [0.5, 0.6) is 0 Å². The molecule has 0 aliphatic carbocycles. The molecule has 10 heteroatoms. The van der Waals surface area contributed by atoms with E-state index in [1.807, 2.05) is 20.0 Å². The van der Waals surface area contributed by atoms with E-state index in [1.165, 1.54) is 15.4 Å². The van der Waals surface area contributed by atoms with Crippen LogP contribution in [-0.2, 0) is 16.6 Å². The SMILES string of the molecule is CCN(CCCNC(=NC)NCc1ncc(C)s1)S(C)(=O)=O.I. The zero-order chi connectivity index (χ0) is 16.6. The fraction of sp³-hybridized carbons (Fsp3) is 0.692. The van der Waals surface area contributed by atoms with Crippen molar-refractivity contribution < 1.29 is 8.42 Å². The number of aliphatic imine (C=N–C) groups is 1. The van der Waals surface area contributed by atoms with Crippen molar-refractivity contribution >= 4 is 51.3 Å². The highest BCUT2D eigenvalue weighted by Gasteiger charge is 2.13. The quantitative estimate of drug-likeness (QED) is 0.257. The third-order valence-corrected chi connectivity index (χ3v) is 5.29. The molecular formula is C13H26IN5O2S2. The standard InChI is InChI=1S/C13H25N5O2S2.HI/c1-5-18(22(4,19)20)8-6-7-15-13(14-3)17-10-12-16-9-11(2)21-12;/h9H,5-8,10H2,1-4H3,(H2,14,15,17);1H. The molecule has 23 heavy (non-hydrogen) atoms. The molecule has 0 amide bonds. The number of halogens is 1. The van der Waals surface area contributed by atoms with Crippen LogP contribution in [0.2, 0.25) is 0 Å². The molecule has 0 atom stereocenters. The van der Waals surface area contributed by atoms with E-state index in [4.69, 9.17) is 0 Å². The van der Waals surface area contributed by atoms with Gasteiger partial charge in [0.25, 0.3) is 0 Å². The monoisotopic (exact) mass is 475 g/mol. The Balaban J connectivity index is 0.00000484. The number of thiazole rings is 1. The smallest absolute Gasteiger partial charge is 0.211 e. The van der Waals surface area contributed by atoms with Gasteiger partial charge in [0.2, 0.25) is 10.0 Å². The summed E-state index contributed by atoms with van der Waals surface area (Å²) in [4.78, 5) is 9.60. The van der Waals surface area contributed by atoms with Crippen molar-refractivity contribution in [2.45, 2.75) is 26.8 Å². The lowest BCUT2D eigenvalue weighted by molar-refractivity contribution is 0.424. The number of rotatable bonds is 8. The van der Waals surface area contributed by atoms with Gasteiger partial charge in [0.15, 0.2) is 5.96 Å². The zero-order valence-electron chi connectivity index (χ0n) is 14.0. The van der Waals surface area contributed by atoms with E-state index in [0.29, 0.717) is 32.1 Å². The van der Waals surface area contributed by atoms with Crippen LogP contribution in [0.4, 0.5) is 0 Å². The van der Waals surface area contributed by atoms with E-state index >= 15 is 0 Å². The molecule has 2 N–H and O–H groups in total. The first kappa shape index (κ1) is 22.5. The number of guanidine groups is 1. The molecule has 0 aromatic carbocycles. The molecule has 1 rings (SSSR count). The maximum atomic E-state index is 11.5. The number of nitrogens with one attached hydrogen (secondary N) is 2. The summed E-state index contributed by atoms with van der Waals surface area (Å²) in [7, 11) is -1.41. The fourth-order valence-electron chi connectivity index (χ4n) is 1.88. The van der Waals surface area contributed by atoms with Crippen molar-refractivity contribution in [1.82, 2.24) is 19.9 Å². The Bertz CT molecular complexity index is 589. The van der Waals surface area contributed by atoms with Crippen LogP contribution in [0.25, 0.3) is 0 Å². The molecule has 1 heterocycles. The van der Waals surface area contributed by atoms with Crippen molar-refractivity contribution in [1.29, 1.82) is 0 Å². The van der Waals surface area contributed by atoms with Gasteiger partial charge in [-0.25, -0.2) is 17.7 Å². The van der Waals surface area contributed by atoms with Crippen LogP contribution in [0, 0.1) is 6.92 Å². The van der Waals surface area contributed by atoms with Crippen LogP contribution < -0.4 is 10.6 Å². The Morgan fingerprint density at radius 3 is 2.61 bits per heavy atom. The maximum absolute atomic E-state index is 11.5. The summed E-state index contributed by atoms with van der Waals surface area (Å²) in [5.41, 5.74) is 0. The van der Waals surface area contributed by atoms with Gasteiger partial charge in [0.05, 0.1) is 12.8 Å². The molecule has 0 saturated carbocycles. The molecule has 0 bridgehead atoms. The molecule has 1 aromatic rings. The molecule has 0 aliphatic rings. The predicted molar refractivity (Wildman–Crippen MR) is 107 cm³/mol. The Kier molecular flexibility index (Phi) is 10.9. The number of aryl methyl sites for hydroxylation is 1. The Morgan fingerprint density at radius 2 is 2.13 bits per heavy atom. The second-order valence-electron chi connectivity index (χ2n) is 4.83. The molecular weight excluding hydrogens is 449 g/mol. The van der Waals surface area contributed by atoms with E-state index < -0.39 is 10.0 Å². The van der Waals surface area contributed by atoms with Gasteiger partial charge in [-0.2, -0.15) is 0 Å². The van der Waals surface area contributed by atoms with Gasteiger partial charge < -0.3 is 10.6 Å². The molecule has 1 aromatic heterocycles. The van der Waals surface area contributed by atoms with Gasteiger partial charge in [-0.05, 0) is 13.3 Å². The van der Waals surface area contributed by atoms with Crippen molar-refractivity contribution in [2.75, 3.05) is 32.9 Å². The summed E-state index contributed by atoms with van der Waals surface area (Å²) in [5, 5.41) is 7.37. The molecule has 7 nitrogen and oxygen atoms in total. The normalized spacial score (nSPS) is 12.1. The van der Waals surface area contributed by atoms with Gasteiger partial charge in [0, 0.05) is 37.8 Å². The maximum Gasteiger partial charge on any atom is 0.211 e. The lowest BCUT2D eigenvalue weighted by atomic mass is 10.4. The first-order valence-corrected chi connectivity index (χ1v) is 9.84. The summed E-state index contributed by atoms with van der Waals surface area (Å²) in [5.74, 6) is 0.690. The topological polar surface area (TPSA) is 86.7 Å². The first-order chi connectivity index (χ1) is 10.4. The number of hydrogen-bond donors (Lipinski definition) is 2. The number of aromatic nitrogens is 1. The molecule has 0 aliphatic heterocycles. The summed E-state index contributed by atoms with van der Waals surface area (Å²) < 4.78 is 24.4. The number of sulfonamides is 1. The van der Waals surface area contributed by atoms with Gasteiger partial charge in [0.1, 0.15) is 5.01 Å². The second kappa shape index (κ2) is 11.2. The minimum absolute atomic E-state index is 0. The minimum Gasteiger partial charge on any atom is -0.356 e. The second-order valence-corrected chi connectivity index (χ2v) is 8.13. The van der Waals surface area contributed by atoms with Crippen LogP contribution in [-0.4, -0.2) is 56.6 Å². The summed E-state index contributed by atoms with van der Waals surface area (Å²) >= 11 is 1.65. The van der Waals surface area contributed by atoms with Crippen LogP contribution in [0.1, 0.15) is 23.2 Å². The van der Waals surface area contributed by atoms with Crippen LogP contribution >= 0.6 is 35.3 Å². The van der Waals surface area contributed by atoms with Crippen molar-refractivity contribution in [2.24, 2.45) is 4.99 Å². The number of nitrogens with zero attached hydrogens (tertiary/aromatic N) is 3.